The summed E-state index contributed by atoms with van der Waals surface area (Å²) in [4.78, 5) is 19.9. The highest BCUT2D eigenvalue weighted by molar-refractivity contribution is 5.85. The van der Waals surface area contributed by atoms with Crippen LogP contribution in [0.25, 0.3) is 16.6 Å². The second kappa shape index (κ2) is 8.88. The van der Waals surface area contributed by atoms with Gasteiger partial charge in [0.25, 0.3) is 0 Å². The fraction of sp³-hybridized carbons (Fsp3) is 0.280. The largest absolute Gasteiger partial charge is 0.379 e. The van der Waals surface area contributed by atoms with Gasteiger partial charge in [-0.1, -0.05) is 30.4 Å². The molecule has 3 aromatic rings. The van der Waals surface area contributed by atoms with E-state index in [2.05, 4.69) is 50.1 Å². The first-order chi connectivity index (χ1) is 15.3. The van der Waals surface area contributed by atoms with E-state index in [1.54, 1.807) is 12.3 Å². The van der Waals surface area contributed by atoms with Crippen LogP contribution in [-0.2, 0) is 11.3 Å². The fourth-order valence-electron chi connectivity index (χ4n) is 4.24. The summed E-state index contributed by atoms with van der Waals surface area (Å²) < 4.78 is 7.66. The van der Waals surface area contributed by atoms with Gasteiger partial charge in [-0.25, -0.2) is 0 Å². The molecular weight excluding hydrogens is 388 g/mol. The van der Waals surface area contributed by atoms with Gasteiger partial charge in [0, 0.05) is 56.5 Å². The van der Waals surface area contributed by atoms with Crippen LogP contribution < -0.4 is 10.7 Å². The third kappa shape index (κ3) is 4.17. The molecule has 5 rings (SSSR count). The van der Waals surface area contributed by atoms with Gasteiger partial charge < -0.3 is 10.1 Å². The molecule has 0 unspecified atom stereocenters. The number of pyridine rings is 2. The maximum atomic E-state index is 13.1. The van der Waals surface area contributed by atoms with Crippen LogP contribution >= 0.6 is 0 Å². The van der Waals surface area contributed by atoms with E-state index in [9.17, 15) is 4.79 Å². The normalized spacial score (nSPS) is 17.0. The molecule has 1 aromatic carbocycles. The Morgan fingerprint density at radius 1 is 1.10 bits per heavy atom. The number of hydrogen-bond donors (Lipinski definition) is 1. The van der Waals surface area contributed by atoms with Crippen molar-refractivity contribution in [3.8, 4) is 5.69 Å². The van der Waals surface area contributed by atoms with Crippen LogP contribution in [0.15, 0.2) is 77.5 Å². The summed E-state index contributed by atoms with van der Waals surface area (Å²) in [6.45, 7) is 3.95. The first kappa shape index (κ1) is 19.7. The maximum absolute atomic E-state index is 13.1. The van der Waals surface area contributed by atoms with Gasteiger partial charge in [-0.3, -0.25) is 19.2 Å². The topological polar surface area (TPSA) is 59.4 Å². The molecule has 160 valence electrons. The van der Waals surface area contributed by atoms with Crippen molar-refractivity contribution in [2.24, 2.45) is 0 Å². The number of rotatable bonds is 5. The number of benzene rings is 1. The second-order valence-corrected chi connectivity index (χ2v) is 7.91. The quantitative estimate of drug-likeness (QED) is 0.678. The highest BCUT2D eigenvalue weighted by atomic mass is 16.5. The third-order valence-corrected chi connectivity index (χ3v) is 5.77. The highest BCUT2D eigenvalue weighted by Gasteiger charge is 2.18. The standard InChI is InChI=1S/C25H26N4O2.H2/c30-23-15-24(27-20-7-3-1-4-8-20)29(21-9-5-2-6-10-21)25-19(16-26-17-22(23)25)18-28-11-13-31-14-12-28;/h2-3,5-10,15-17,27H,1,4,11-14,18H2;1H. The highest BCUT2D eigenvalue weighted by Crippen LogP contribution is 2.27. The number of nitrogens with one attached hydrogen (secondary N) is 1. The van der Waals surface area contributed by atoms with Gasteiger partial charge in [0.05, 0.1) is 24.1 Å². The molecule has 2 aliphatic rings. The van der Waals surface area contributed by atoms with E-state index < -0.39 is 0 Å². The van der Waals surface area contributed by atoms with Gasteiger partial charge in [0.2, 0.25) is 0 Å². The first-order valence-electron chi connectivity index (χ1n) is 10.8. The zero-order chi connectivity index (χ0) is 21.0. The van der Waals surface area contributed by atoms with Crippen molar-refractivity contribution in [2.45, 2.75) is 19.4 Å². The summed E-state index contributed by atoms with van der Waals surface area (Å²) in [7, 11) is 0. The Balaban J connectivity index is 0.00000245. The molecule has 31 heavy (non-hydrogen) atoms. The molecule has 1 aliphatic heterocycles. The van der Waals surface area contributed by atoms with Gasteiger partial charge >= 0.3 is 0 Å². The van der Waals surface area contributed by atoms with Crippen LogP contribution in [0.1, 0.15) is 19.8 Å². The minimum atomic E-state index is -0.0265. The Morgan fingerprint density at radius 2 is 1.94 bits per heavy atom. The van der Waals surface area contributed by atoms with E-state index in [-0.39, 0.29) is 6.86 Å². The molecule has 0 atom stereocenters. The molecule has 6 nitrogen and oxygen atoms in total. The fourth-order valence-corrected chi connectivity index (χ4v) is 4.24. The minimum Gasteiger partial charge on any atom is -0.379 e. The third-order valence-electron chi connectivity index (χ3n) is 5.77. The van der Waals surface area contributed by atoms with Crippen molar-refractivity contribution in [3.63, 3.8) is 0 Å². The molecule has 1 saturated heterocycles. The van der Waals surface area contributed by atoms with Crippen molar-refractivity contribution in [2.75, 3.05) is 31.6 Å². The van der Waals surface area contributed by atoms with Crippen LogP contribution in [0.3, 0.4) is 0 Å². The van der Waals surface area contributed by atoms with E-state index in [1.807, 2.05) is 24.4 Å². The summed E-state index contributed by atoms with van der Waals surface area (Å²) in [6.07, 6.45) is 12.0. The Labute approximate surface area is 183 Å². The van der Waals surface area contributed by atoms with Gasteiger partial charge in [0.15, 0.2) is 5.43 Å². The smallest absolute Gasteiger partial charge is 0.193 e. The lowest BCUT2D eigenvalue weighted by Gasteiger charge is -2.28. The summed E-state index contributed by atoms with van der Waals surface area (Å²) in [6, 6.07) is 11.9. The van der Waals surface area contributed by atoms with E-state index in [1.165, 1.54) is 0 Å². The summed E-state index contributed by atoms with van der Waals surface area (Å²) >= 11 is 0. The number of morpholine rings is 1. The number of para-hydroxylation sites is 1. The van der Waals surface area contributed by atoms with Crippen molar-refractivity contribution in [1.29, 1.82) is 0 Å². The second-order valence-electron chi connectivity index (χ2n) is 7.91. The average Bonchev–Trinajstić information content (AvgIpc) is 2.82. The molecular formula is C25H28N4O2. The van der Waals surface area contributed by atoms with Gasteiger partial charge in [0.1, 0.15) is 5.82 Å². The Kier molecular flexibility index (Phi) is 5.65. The zero-order valence-corrected chi connectivity index (χ0v) is 17.5. The maximum Gasteiger partial charge on any atom is 0.193 e. The van der Waals surface area contributed by atoms with Gasteiger partial charge in [-0.05, 0) is 31.1 Å². The average molecular weight is 417 g/mol. The Bertz CT molecular complexity index is 1200. The van der Waals surface area contributed by atoms with Crippen molar-refractivity contribution in [1.82, 2.24) is 14.5 Å². The molecule has 0 amide bonds. The molecule has 0 radical (unpaired) electrons. The molecule has 0 saturated carbocycles. The lowest BCUT2D eigenvalue weighted by Crippen LogP contribution is -2.36. The van der Waals surface area contributed by atoms with Crippen molar-refractivity contribution >= 4 is 16.7 Å². The van der Waals surface area contributed by atoms with Crippen LogP contribution in [0.2, 0.25) is 0 Å². The Morgan fingerprint density at radius 3 is 2.71 bits per heavy atom. The number of anilines is 1. The lowest BCUT2D eigenvalue weighted by molar-refractivity contribution is 0.0343. The van der Waals surface area contributed by atoms with Crippen molar-refractivity contribution < 1.29 is 6.16 Å². The number of nitrogens with zero attached hydrogens (tertiary/aromatic N) is 3. The van der Waals surface area contributed by atoms with Crippen LogP contribution in [-0.4, -0.2) is 40.8 Å². The summed E-state index contributed by atoms with van der Waals surface area (Å²) in [5.41, 5.74) is 3.94. The van der Waals surface area contributed by atoms with Gasteiger partial charge in [-0.15, -0.1) is 0 Å². The summed E-state index contributed by atoms with van der Waals surface area (Å²) in [5, 5.41) is 4.13. The number of ether oxygens (including phenoxy) is 1. The van der Waals surface area contributed by atoms with E-state index in [4.69, 9.17) is 4.74 Å². The van der Waals surface area contributed by atoms with Crippen LogP contribution in [0.4, 0.5) is 5.82 Å². The monoisotopic (exact) mass is 416 g/mol. The molecule has 0 spiro atoms. The molecule has 1 fully saturated rings. The predicted octanol–water partition coefficient (Wildman–Crippen LogP) is 4.11. The minimum absolute atomic E-state index is 0. The molecule has 1 aliphatic carbocycles. The van der Waals surface area contributed by atoms with Crippen molar-refractivity contribution in [3.05, 3.63) is 88.5 Å². The molecule has 6 heteroatoms. The number of fused-ring (bicyclic) bond motifs is 1. The molecule has 1 N–H and O–H groups in total. The lowest BCUT2D eigenvalue weighted by atomic mass is 10.1. The van der Waals surface area contributed by atoms with E-state index >= 15 is 0 Å². The van der Waals surface area contributed by atoms with Gasteiger partial charge in [-0.2, -0.15) is 0 Å². The molecule has 0 bridgehead atoms. The Hall–Kier alpha value is -3.22. The number of allylic oxidation sites excluding steroid dienone is 3. The first-order valence-corrected chi connectivity index (χ1v) is 10.8. The van der Waals surface area contributed by atoms with E-state index in [0.29, 0.717) is 5.39 Å². The zero-order valence-electron chi connectivity index (χ0n) is 17.5. The SMILES string of the molecule is O=c1cc(NC2=CCCC=C2)n(-c2ccccc2)c2c(CN3CCOCC3)cncc12.[HH]. The number of hydrogen-bond acceptors (Lipinski definition) is 5. The van der Waals surface area contributed by atoms with Crippen LogP contribution in [0.5, 0.6) is 0 Å². The van der Waals surface area contributed by atoms with E-state index in [0.717, 1.165) is 74.0 Å². The summed E-state index contributed by atoms with van der Waals surface area (Å²) in [5.74, 6) is 0.760. The van der Waals surface area contributed by atoms with Crippen LogP contribution in [0, 0.1) is 0 Å². The molecule has 2 aromatic heterocycles. The molecule has 3 heterocycles. The predicted molar refractivity (Wildman–Crippen MR) is 126 cm³/mol. The number of aromatic nitrogens is 2.